The van der Waals surface area contributed by atoms with Crippen LogP contribution in [-0.4, -0.2) is 27.8 Å². The fourth-order valence-electron chi connectivity index (χ4n) is 0.703. The van der Waals surface area contributed by atoms with E-state index in [9.17, 15) is 4.79 Å². The van der Waals surface area contributed by atoms with Crippen molar-refractivity contribution in [3.8, 4) is 0 Å². The average molecular weight is 233 g/mol. The van der Waals surface area contributed by atoms with Gasteiger partial charge in [-0.3, -0.25) is 5.32 Å². The Morgan fingerprint density at radius 3 is 3.07 bits per heavy atom. The quantitative estimate of drug-likeness (QED) is 0.808. The van der Waals surface area contributed by atoms with Gasteiger partial charge in [0.05, 0.1) is 6.61 Å². The number of amides is 1. The first-order valence-corrected chi connectivity index (χ1v) is 5.92. The van der Waals surface area contributed by atoms with E-state index in [1.54, 1.807) is 6.92 Å². The van der Waals surface area contributed by atoms with Gasteiger partial charge >= 0.3 is 6.09 Å². The Labute approximate surface area is 90.4 Å². The fraction of sp³-hybridized carbons (Fsp3) is 0.571. The lowest BCUT2D eigenvalue weighted by atomic mass is 10.9. The second-order valence-electron chi connectivity index (χ2n) is 2.16. The Hall–Kier alpha value is -0.820. The van der Waals surface area contributed by atoms with Crippen LogP contribution in [0.1, 0.15) is 13.8 Å². The molecule has 0 aliphatic heterocycles. The maximum Gasteiger partial charge on any atom is 0.413 e. The van der Waals surface area contributed by atoms with Gasteiger partial charge in [-0.25, -0.2) is 4.79 Å². The summed E-state index contributed by atoms with van der Waals surface area (Å²) in [5.41, 5.74) is 0. The number of ether oxygens (including phenoxy) is 1. The molecule has 0 spiro atoms. The minimum Gasteiger partial charge on any atom is -0.450 e. The first kappa shape index (κ1) is 11.3. The molecule has 0 aliphatic rings. The van der Waals surface area contributed by atoms with Gasteiger partial charge in [0.25, 0.3) is 0 Å². The summed E-state index contributed by atoms with van der Waals surface area (Å²) >= 11 is 2.68. The van der Waals surface area contributed by atoms with Crippen molar-refractivity contribution in [3.05, 3.63) is 0 Å². The molecule has 1 heterocycles. The molecule has 1 rings (SSSR count). The van der Waals surface area contributed by atoms with Gasteiger partial charge < -0.3 is 4.74 Å². The van der Waals surface area contributed by atoms with Gasteiger partial charge in [-0.2, -0.15) is 9.36 Å². The Morgan fingerprint density at radius 1 is 1.64 bits per heavy atom. The molecule has 7 heteroatoms. The minimum absolute atomic E-state index is 0.348. The summed E-state index contributed by atoms with van der Waals surface area (Å²) in [6, 6.07) is 0. The van der Waals surface area contributed by atoms with Gasteiger partial charge in [-0.15, -0.1) is 0 Å². The van der Waals surface area contributed by atoms with Crippen molar-refractivity contribution < 1.29 is 9.53 Å². The summed E-state index contributed by atoms with van der Waals surface area (Å²) in [5, 5.41) is 3.65. The summed E-state index contributed by atoms with van der Waals surface area (Å²) in [6.45, 7) is 4.11. The number of nitrogens with zero attached hydrogens (tertiary/aromatic N) is 2. The van der Waals surface area contributed by atoms with Crippen LogP contribution in [-0.2, 0) is 4.74 Å². The molecule has 1 N–H and O–H groups in total. The number of thioether (sulfide) groups is 1. The molecule has 0 atom stereocenters. The van der Waals surface area contributed by atoms with Crippen LogP contribution in [0.15, 0.2) is 5.16 Å². The second kappa shape index (κ2) is 5.82. The predicted molar refractivity (Wildman–Crippen MR) is 57.0 cm³/mol. The van der Waals surface area contributed by atoms with Crippen LogP contribution < -0.4 is 5.32 Å². The number of hydrogen-bond acceptors (Lipinski definition) is 6. The van der Waals surface area contributed by atoms with Crippen LogP contribution in [0.4, 0.5) is 9.93 Å². The molecule has 0 saturated carbocycles. The molecule has 0 saturated heterocycles. The lowest BCUT2D eigenvalue weighted by molar-refractivity contribution is 0.168. The zero-order valence-electron chi connectivity index (χ0n) is 7.94. The van der Waals surface area contributed by atoms with Crippen LogP contribution >= 0.6 is 23.3 Å². The third-order valence-electron chi connectivity index (χ3n) is 1.17. The van der Waals surface area contributed by atoms with Crippen LogP contribution in [0.25, 0.3) is 0 Å². The van der Waals surface area contributed by atoms with Crippen LogP contribution in [0.2, 0.25) is 0 Å². The normalized spacial score (nSPS) is 9.86. The topological polar surface area (TPSA) is 64.1 Å². The van der Waals surface area contributed by atoms with Gasteiger partial charge in [-0.1, -0.05) is 18.7 Å². The zero-order valence-corrected chi connectivity index (χ0v) is 9.57. The lowest BCUT2D eigenvalue weighted by Gasteiger charge is -1.99. The summed E-state index contributed by atoms with van der Waals surface area (Å²) in [7, 11) is 0. The molecule has 0 bridgehead atoms. The maximum absolute atomic E-state index is 11.0. The Kier molecular flexibility index (Phi) is 4.68. The molecule has 0 aliphatic carbocycles. The number of carbonyl (C=O) groups excluding carboxylic acids is 1. The van der Waals surface area contributed by atoms with E-state index in [-0.39, 0.29) is 0 Å². The van der Waals surface area contributed by atoms with Crippen molar-refractivity contribution in [2.24, 2.45) is 0 Å². The molecular formula is C7H11N3O2S2. The Balaban J connectivity index is 2.46. The SMILES string of the molecule is CCOC(=O)Nc1nc(SCC)ns1. The molecule has 0 radical (unpaired) electrons. The van der Waals surface area contributed by atoms with Crippen molar-refractivity contribution >= 4 is 34.5 Å². The van der Waals surface area contributed by atoms with Crippen LogP contribution in [0, 0.1) is 0 Å². The van der Waals surface area contributed by atoms with E-state index < -0.39 is 6.09 Å². The van der Waals surface area contributed by atoms with Crippen molar-refractivity contribution in [2.75, 3.05) is 17.7 Å². The van der Waals surface area contributed by atoms with E-state index >= 15 is 0 Å². The van der Waals surface area contributed by atoms with E-state index in [0.717, 1.165) is 17.3 Å². The summed E-state index contributed by atoms with van der Waals surface area (Å²) in [6.07, 6.45) is -0.489. The molecule has 0 aromatic carbocycles. The average Bonchev–Trinajstić information content (AvgIpc) is 2.53. The Bertz CT molecular complexity index is 303. The van der Waals surface area contributed by atoms with Crippen LogP contribution in [0.3, 0.4) is 0 Å². The summed E-state index contributed by atoms with van der Waals surface area (Å²) < 4.78 is 8.74. The lowest BCUT2D eigenvalue weighted by Crippen LogP contribution is -2.12. The van der Waals surface area contributed by atoms with Crippen molar-refractivity contribution in [2.45, 2.75) is 19.0 Å². The number of anilines is 1. The molecule has 5 nitrogen and oxygen atoms in total. The first-order valence-electron chi connectivity index (χ1n) is 4.16. The van der Waals surface area contributed by atoms with E-state index in [0.29, 0.717) is 16.9 Å². The monoisotopic (exact) mass is 233 g/mol. The van der Waals surface area contributed by atoms with E-state index in [4.69, 9.17) is 4.74 Å². The molecule has 0 unspecified atom stereocenters. The van der Waals surface area contributed by atoms with Crippen molar-refractivity contribution in [1.82, 2.24) is 9.36 Å². The molecule has 14 heavy (non-hydrogen) atoms. The summed E-state index contributed by atoms with van der Waals surface area (Å²) in [5.74, 6) is 0.912. The van der Waals surface area contributed by atoms with Crippen molar-refractivity contribution in [3.63, 3.8) is 0 Å². The molecular weight excluding hydrogens is 222 g/mol. The van der Waals surface area contributed by atoms with E-state index in [2.05, 4.69) is 14.7 Å². The predicted octanol–water partition coefficient (Wildman–Crippen LogP) is 2.22. The maximum atomic E-state index is 11.0. The molecule has 1 amide bonds. The fourth-order valence-corrected chi connectivity index (χ4v) is 1.96. The highest BCUT2D eigenvalue weighted by Gasteiger charge is 2.07. The number of carbonyl (C=O) groups is 1. The number of rotatable bonds is 4. The highest BCUT2D eigenvalue weighted by atomic mass is 32.2. The molecule has 1 aromatic rings. The molecule has 78 valence electrons. The van der Waals surface area contributed by atoms with E-state index in [1.807, 2.05) is 6.92 Å². The number of aromatic nitrogens is 2. The van der Waals surface area contributed by atoms with Gasteiger partial charge in [0.15, 0.2) is 0 Å². The number of nitrogens with one attached hydrogen (secondary N) is 1. The van der Waals surface area contributed by atoms with E-state index in [1.165, 1.54) is 11.8 Å². The first-order chi connectivity index (χ1) is 6.76. The third kappa shape index (κ3) is 3.51. The Morgan fingerprint density at radius 2 is 2.43 bits per heavy atom. The highest BCUT2D eigenvalue weighted by molar-refractivity contribution is 7.99. The largest absolute Gasteiger partial charge is 0.450 e. The van der Waals surface area contributed by atoms with Gasteiger partial charge in [0.2, 0.25) is 10.3 Å². The smallest absolute Gasteiger partial charge is 0.413 e. The zero-order chi connectivity index (χ0) is 10.4. The van der Waals surface area contributed by atoms with Gasteiger partial charge in [-0.05, 0) is 12.7 Å². The second-order valence-corrected chi connectivity index (χ2v) is 4.14. The minimum atomic E-state index is -0.489. The third-order valence-corrected chi connectivity index (χ3v) is 2.64. The number of hydrogen-bond donors (Lipinski definition) is 1. The van der Waals surface area contributed by atoms with Crippen LogP contribution in [0.5, 0.6) is 0 Å². The van der Waals surface area contributed by atoms with Crippen molar-refractivity contribution in [1.29, 1.82) is 0 Å². The van der Waals surface area contributed by atoms with Gasteiger partial charge in [0, 0.05) is 11.5 Å². The summed E-state index contributed by atoms with van der Waals surface area (Å²) in [4.78, 5) is 15.1. The highest BCUT2D eigenvalue weighted by Crippen LogP contribution is 2.19. The van der Waals surface area contributed by atoms with Gasteiger partial charge in [0.1, 0.15) is 0 Å². The molecule has 1 aromatic heterocycles. The standard InChI is InChI=1S/C7H11N3O2S2/c1-3-12-7(11)9-5-8-6(10-14-5)13-4-2/h3-4H2,1-2H3,(H,8,9,10,11). The molecule has 0 fully saturated rings.